The predicted molar refractivity (Wildman–Crippen MR) is 138 cm³/mol. The lowest BCUT2D eigenvalue weighted by molar-refractivity contribution is 0.383. The smallest absolute Gasteiger partial charge is 0.170 e. The topological polar surface area (TPSA) is 88.8 Å². The van der Waals surface area contributed by atoms with Crippen LogP contribution < -0.4 is 15.8 Å². The van der Waals surface area contributed by atoms with Crippen LogP contribution in [0.1, 0.15) is 29.9 Å². The molecule has 182 valence electrons. The molecular weight excluding hydrogens is 460 g/mol. The van der Waals surface area contributed by atoms with Crippen molar-refractivity contribution in [1.29, 1.82) is 0 Å². The molecule has 0 aliphatic rings. The number of H-pyrrole nitrogens is 1. The van der Waals surface area contributed by atoms with Crippen molar-refractivity contribution in [3.63, 3.8) is 0 Å². The summed E-state index contributed by atoms with van der Waals surface area (Å²) in [4.78, 5) is 12.0. The van der Waals surface area contributed by atoms with Gasteiger partial charge >= 0.3 is 0 Å². The molecular formula is C28H25F2N5O. The molecule has 0 spiro atoms. The van der Waals surface area contributed by atoms with Crippen molar-refractivity contribution in [2.24, 2.45) is 0 Å². The highest BCUT2D eigenvalue weighted by Gasteiger charge is 2.25. The first-order valence-corrected chi connectivity index (χ1v) is 11.5. The molecule has 0 radical (unpaired) electrons. The van der Waals surface area contributed by atoms with E-state index < -0.39 is 11.9 Å². The SMILES string of the molecule is CCc1cc(OC)c(F)c(C(Nc2ccc3c(N)nccc3c2)c2nc(-c3cccc(F)c3)c[nH]2)c1. The van der Waals surface area contributed by atoms with Crippen LogP contribution in [-0.4, -0.2) is 22.1 Å². The van der Waals surface area contributed by atoms with E-state index >= 15 is 4.39 Å². The number of nitrogen functional groups attached to an aromatic ring is 1. The number of fused-ring (bicyclic) bond motifs is 1. The van der Waals surface area contributed by atoms with Crippen LogP contribution in [-0.2, 0) is 6.42 Å². The number of nitrogens with two attached hydrogens (primary N) is 1. The summed E-state index contributed by atoms with van der Waals surface area (Å²) in [6.45, 7) is 2.00. The van der Waals surface area contributed by atoms with Crippen LogP contribution in [0.3, 0.4) is 0 Å². The second-order valence-electron chi connectivity index (χ2n) is 8.45. The van der Waals surface area contributed by atoms with Crippen LogP contribution in [0.2, 0.25) is 0 Å². The van der Waals surface area contributed by atoms with Gasteiger partial charge in [0.1, 0.15) is 23.5 Å². The Bertz CT molecular complexity index is 1550. The summed E-state index contributed by atoms with van der Waals surface area (Å²) in [5.74, 6) is 0.226. The summed E-state index contributed by atoms with van der Waals surface area (Å²) in [5.41, 5.74) is 9.20. The number of aromatic nitrogens is 3. The molecule has 0 aliphatic carbocycles. The lowest BCUT2D eigenvalue weighted by Gasteiger charge is -2.21. The summed E-state index contributed by atoms with van der Waals surface area (Å²) >= 11 is 0. The van der Waals surface area contributed by atoms with E-state index in [2.05, 4.69) is 15.3 Å². The summed E-state index contributed by atoms with van der Waals surface area (Å²) in [6.07, 6.45) is 4.03. The number of nitrogens with zero attached hydrogens (tertiary/aromatic N) is 2. The number of aryl methyl sites for hydroxylation is 1. The fourth-order valence-electron chi connectivity index (χ4n) is 4.27. The number of ether oxygens (including phenoxy) is 1. The molecule has 0 aliphatic heterocycles. The summed E-state index contributed by atoms with van der Waals surface area (Å²) in [5, 5.41) is 5.14. The molecule has 0 fully saturated rings. The monoisotopic (exact) mass is 485 g/mol. The van der Waals surface area contributed by atoms with Gasteiger partial charge in [-0.3, -0.25) is 0 Å². The Morgan fingerprint density at radius 3 is 2.72 bits per heavy atom. The minimum absolute atomic E-state index is 0.158. The molecule has 0 bridgehead atoms. The van der Waals surface area contributed by atoms with E-state index in [9.17, 15) is 4.39 Å². The number of halogens is 2. The number of methoxy groups -OCH3 is 1. The van der Waals surface area contributed by atoms with Crippen molar-refractivity contribution in [1.82, 2.24) is 15.0 Å². The van der Waals surface area contributed by atoms with Gasteiger partial charge in [0.2, 0.25) is 0 Å². The number of benzene rings is 3. The molecule has 3 aromatic carbocycles. The first-order chi connectivity index (χ1) is 17.5. The van der Waals surface area contributed by atoms with Gasteiger partial charge in [0.15, 0.2) is 11.6 Å². The molecule has 1 atom stereocenters. The van der Waals surface area contributed by atoms with Crippen molar-refractivity contribution in [2.45, 2.75) is 19.4 Å². The highest BCUT2D eigenvalue weighted by atomic mass is 19.1. The van der Waals surface area contributed by atoms with E-state index in [1.54, 1.807) is 30.6 Å². The minimum Gasteiger partial charge on any atom is -0.494 e. The normalized spacial score (nSPS) is 12.0. The summed E-state index contributed by atoms with van der Waals surface area (Å²) < 4.78 is 34.8. The number of hydrogen-bond donors (Lipinski definition) is 3. The third-order valence-electron chi connectivity index (χ3n) is 6.16. The van der Waals surface area contributed by atoms with Crippen LogP contribution in [0.4, 0.5) is 20.3 Å². The van der Waals surface area contributed by atoms with Crippen molar-refractivity contribution in [2.75, 3.05) is 18.2 Å². The molecule has 2 aromatic heterocycles. The summed E-state index contributed by atoms with van der Waals surface area (Å²) in [6, 6.07) is 16.5. The summed E-state index contributed by atoms with van der Waals surface area (Å²) in [7, 11) is 1.45. The first kappa shape index (κ1) is 23.3. The number of hydrogen-bond acceptors (Lipinski definition) is 5. The molecule has 4 N–H and O–H groups in total. The average Bonchev–Trinajstić information content (AvgIpc) is 3.38. The number of nitrogens with one attached hydrogen (secondary N) is 2. The fraction of sp³-hybridized carbons (Fsp3) is 0.143. The van der Waals surface area contributed by atoms with Gasteiger partial charge in [-0.05, 0) is 59.8 Å². The second-order valence-corrected chi connectivity index (χ2v) is 8.45. The number of anilines is 2. The van der Waals surface area contributed by atoms with E-state index in [1.165, 1.54) is 19.2 Å². The molecule has 6 nitrogen and oxygen atoms in total. The van der Waals surface area contributed by atoms with Gasteiger partial charge in [-0.2, -0.15) is 0 Å². The lowest BCUT2D eigenvalue weighted by Crippen LogP contribution is -2.16. The van der Waals surface area contributed by atoms with Crippen molar-refractivity contribution >= 4 is 22.3 Å². The van der Waals surface area contributed by atoms with Gasteiger partial charge in [-0.1, -0.05) is 25.1 Å². The Kier molecular flexibility index (Phi) is 6.25. The third kappa shape index (κ3) is 4.45. The van der Waals surface area contributed by atoms with Gasteiger partial charge in [0.05, 0.1) is 12.8 Å². The van der Waals surface area contributed by atoms with Crippen LogP contribution in [0, 0.1) is 11.6 Å². The Hall–Kier alpha value is -4.46. The second kappa shape index (κ2) is 9.65. The van der Waals surface area contributed by atoms with Crippen LogP contribution in [0.15, 0.2) is 73.1 Å². The van der Waals surface area contributed by atoms with Crippen LogP contribution in [0.25, 0.3) is 22.0 Å². The van der Waals surface area contributed by atoms with Crippen molar-refractivity contribution in [3.05, 3.63) is 102 Å². The number of rotatable bonds is 7. The van der Waals surface area contributed by atoms with E-state index in [-0.39, 0.29) is 11.6 Å². The van der Waals surface area contributed by atoms with E-state index in [0.717, 1.165) is 22.0 Å². The van der Waals surface area contributed by atoms with Gasteiger partial charge in [0.25, 0.3) is 0 Å². The molecule has 1 unspecified atom stereocenters. The van der Waals surface area contributed by atoms with Crippen LogP contribution >= 0.6 is 0 Å². The van der Waals surface area contributed by atoms with Gasteiger partial charge < -0.3 is 20.8 Å². The Morgan fingerprint density at radius 1 is 1.08 bits per heavy atom. The molecule has 0 saturated carbocycles. The van der Waals surface area contributed by atoms with E-state index in [1.807, 2.05) is 37.3 Å². The zero-order chi connectivity index (χ0) is 25.2. The van der Waals surface area contributed by atoms with Gasteiger partial charge in [-0.25, -0.2) is 18.7 Å². The molecule has 0 amide bonds. The number of imidazole rings is 1. The molecule has 5 rings (SSSR count). The standard InChI is InChI=1S/C28H25F2N5O/c1-3-16-11-22(25(30)24(12-16)36-2)26(28-33-15-23(35-28)18-5-4-6-19(29)13-18)34-20-7-8-21-17(14-20)9-10-32-27(21)31/h4-15,26,34H,3H2,1-2H3,(H2,31,32)(H,33,35). The number of pyridine rings is 1. The first-order valence-electron chi connectivity index (χ1n) is 11.5. The lowest BCUT2D eigenvalue weighted by atomic mass is 9.99. The largest absolute Gasteiger partial charge is 0.494 e. The maximum atomic E-state index is 15.6. The van der Waals surface area contributed by atoms with Crippen molar-refractivity contribution < 1.29 is 13.5 Å². The quantitative estimate of drug-likeness (QED) is 0.253. The Balaban J connectivity index is 1.62. The highest BCUT2D eigenvalue weighted by Crippen LogP contribution is 2.34. The fourth-order valence-corrected chi connectivity index (χ4v) is 4.27. The molecule has 8 heteroatoms. The predicted octanol–water partition coefficient (Wildman–Crippen LogP) is 6.26. The maximum absolute atomic E-state index is 15.6. The zero-order valence-corrected chi connectivity index (χ0v) is 19.8. The average molecular weight is 486 g/mol. The minimum atomic E-state index is -0.690. The Morgan fingerprint density at radius 2 is 1.94 bits per heavy atom. The van der Waals surface area contributed by atoms with E-state index in [0.29, 0.717) is 34.9 Å². The third-order valence-corrected chi connectivity index (χ3v) is 6.16. The van der Waals surface area contributed by atoms with E-state index in [4.69, 9.17) is 15.5 Å². The molecule has 5 aromatic rings. The maximum Gasteiger partial charge on any atom is 0.170 e. The molecule has 0 saturated heterocycles. The highest BCUT2D eigenvalue weighted by molar-refractivity contribution is 5.92. The van der Waals surface area contributed by atoms with Gasteiger partial charge in [-0.15, -0.1) is 0 Å². The number of aromatic amines is 1. The van der Waals surface area contributed by atoms with Crippen LogP contribution in [0.5, 0.6) is 5.75 Å². The molecule has 36 heavy (non-hydrogen) atoms. The van der Waals surface area contributed by atoms with Crippen molar-refractivity contribution in [3.8, 4) is 17.0 Å². The molecule has 2 heterocycles. The Labute approximate surface area is 207 Å². The zero-order valence-electron chi connectivity index (χ0n) is 19.8. The van der Waals surface area contributed by atoms with Gasteiger partial charge in [0, 0.05) is 34.6 Å².